The van der Waals surface area contributed by atoms with Crippen LogP contribution in [0.1, 0.15) is 31.8 Å². The molecule has 0 spiro atoms. The van der Waals surface area contributed by atoms with Crippen molar-refractivity contribution in [3.63, 3.8) is 0 Å². The van der Waals surface area contributed by atoms with Gasteiger partial charge in [-0.05, 0) is 49.5 Å². The van der Waals surface area contributed by atoms with Gasteiger partial charge in [-0.2, -0.15) is 9.97 Å². The molecule has 0 aromatic carbocycles. The molecule has 8 nitrogen and oxygen atoms in total. The lowest BCUT2D eigenvalue weighted by atomic mass is 9.92. The average molecular weight is 445 g/mol. The zero-order chi connectivity index (χ0) is 21.8. The summed E-state index contributed by atoms with van der Waals surface area (Å²) in [5, 5.41) is 6.82. The Bertz CT molecular complexity index is 888. The molecule has 2 N–H and O–H groups in total. The minimum Gasteiger partial charge on any atom is -0.465 e. The summed E-state index contributed by atoms with van der Waals surface area (Å²) in [5.41, 5.74) is 0. The Morgan fingerprint density at radius 2 is 1.77 bits per heavy atom. The summed E-state index contributed by atoms with van der Waals surface area (Å²) < 4.78 is 11.1. The molecule has 0 aliphatic carbocycles. The number of thiocarbonyl (C=S) groups is 1. The molecule has 0 saturated carbocycles. The Morgan fingerprint density at radius 3 is 2.42 bits per heavy atom. The fourth-order valence-electron chi connectivity index (χ4n) is 4.34. The van der Waals surface area contributed by atoms with Crippen molar-refractivity contribution >= 4 is 34.9 Å². The van der Waals surface area contributed by atoms with E-state index in [1.165, 1.54) is 6.42 Å². The molecule has 0 unspecified atom stereocenters. The third kappa shape index (κ3) is 5.86. The van der Waals surface area contributed by atoms with Crippen molar-refractivity contribution in [3.8, 4) is 0 Å². The summed E-state index contributed by atoms with van der Waals surface area (Å²) in [6.45, 7) is 12.1. The molecule has 0 radical (unpaired) electrons. The van der Waals surface area contributed by atoms with Gasteiger partial charge in [0.2, 0.25) is 5.95 Å². The van der Waals surface area contributed by atoms with Crippen LogP contribution in [0.2, 0.25) is 0 Å². The fourth-order valence-corrected chi connectivity index (χ4v) is 4.50. The number of aryl methyl sites for hydroxylation is 1. The lowest BCUT2D eigenvalue weighted by Crippen LogP contribution is -2.40. The first-order chi connectivity index (χ1) is 15.0. The van der Waals surface area contributed by atoms with Crippen LogP contribution >= 0.6 is 12.2 Å². The van der Waals surface area contributed by atoms with E-state index >= 15 is 0 Å². The minimum absolute atomic E-state index is 0.472. The number of hydrogen-bond acceptors (Lipinski definition) is 7. The molecule has 2 atom stereocenters. The monoisotopic (exact) mass is 444 g/mol. The van der Waals surface area contributed by atoms with Crippen molar-refractivity contribution in [3.05, 3.63) is 29.7 Å². The number of rotatable bonds is 5. The highest BCUT2D eigenvalue weighted by Crippen LogP contribution is 2.28. The zero-order valence-corrected chi connectivity index (χ0v) is 19.4. The zero-order valence-electron chi connectivity index (χ0n) is 18.6. The largest absolute Gasteiger partial charge is 0.465 e. The van der Waals surface area contributed by atoms with Gasteiger partial charge in [0.05, 0.1) is 19.8 Å². The molecule has 2 aliphatic heterocycles. The molecule has 2 aliphatic rings. The molecule has 31 heavy (non-hydrogen) atoms. The second-order valence-electron chi connectivity index (χ2n) is 8.68. The molecule has 0 amide bonds. The maximum absolute atomic E-state index is 5.59. The van der Waals surface area contributed by atoms with Crippen LogP contribution in [0.25, 0.3) is 0 Å². The van der Waals surface area contributed by atoms with Crippen LogP contribution in [0, 0.1) is 18.8 Å². The molecular formula is C22H32N6O2S. The van der Waals surface area contributed by atoms with Gasteiger partial charge >= 0.3 is 0 Å². The molecule has 0 bridgehead atoms. The van der Waals surface area contributed by atoms with Gasteiger partial charge in [0.1, 0.15) is 23.2 Å². The Kier molecular flexibility index (Phi) is 6.92. The van der Waals surface area contributed by atoms with E-state index in [1.54, 1.807) is 0 Å². The van der Waals surface area contributed by atoms with E-state index in [-0.39, 0.29) is 0 Å². The van der Waals surface area contributed by atoms with Crippen molar-refractivity contribution in [2.75, 3.05) is 54.5 Å². The fraction of sp³-hybridized carbons (Fsp3) is 0.591. The summed E-state index contributed by atoms with van der Waals surface area (Å²) in [6, 6.07) is 5.98. The van der Waals surface area contributed by atoms with Gasteiger partial charge in [0, 0.05) is 32.2 Å². The van der Waals surface area contributed by atoms with Crippen LogP contribution in [-0.4, -0.2) is 54.5 Å². The number of nitrogens with one attached hydrogen (secondary N) is 2. The molecule has 168 valence electrons. The van der Waals surface area contributed by atoms with Gasteiger partial charge in [-0.15, -0.1) is 0 Å². The van der Waals surface area contributed by atoms with Crippen molar-refractivity contribution < 1.29 is 9.15 Å². The Balaban J connectivity index is 1.51. The first-order valence-electron chi connectivity index (χ1n) is 11.0. The van der Waals surface area contributed by atoms with E-state index in [0.29, 0.717) is 42.7 Å². The number of piperidine rings is 1. The molecule has 4 rings (SSSR count). The highest BCUT2D eigenvalue weighted by molar-refractivity contribution is 7.80. The average Bonchev–Trinajstić information content (AvgIpc) is 3.17. The van der Waals surface area contributed by atoms with E-state index in [2.05, 4.69) is 40.3 Å². The van der Waals surface area contributed by atoms with Crippen molar-refractivity contribution in [1.29, 1.82) is 0 Å². The summed E-state index contributed by atoms with van der Waals surface area (Å²) in [4.78, 5) is 14.2. The Hall–Kier alpha value is -2.39. The highest BCUT2D eigenvalue weighted by atomic mass is 32.1. The normalized spacial score (nSPS) is 21.8. The van der Waals surface area contributed by atoms with Crippen molar-refractivity contribution in [2.24, 2.45) is 11.8 Å². The summed E-state index contributed by atoms with van der Waals surface area (Å²) in [6.07, 6.45) is 1.25. The first kappa shape index (κ1) is 21.8. The van der Waals surface area contributed by atoms with Crippen LogP contribution in [-0.2, 0) is 11.3 Å². The number of ether oxygens (including phenoxy) is 1. The van der Waals surface area contributed by atoms with Crippen LogP contribution in [0.4, 0.5) is 17.6 Å². The number of morpholine rings is 1. The van der Waals surface area contributed by atoms with Crippen LogP contribution < -0.4 is 20.4 Å². The highest BCUT2D eigenvalue weighted by Gasteiger charge is 2.25. The van der Waals surface area contributed by atoms with Gasteiger partial charge < -0.3 is 29.6 Å². The number of anilines is 3. The molecule has 9 heteroatoms. The van der Waals surface area contributed by atoms with E-state index in [9.17, 15) is 0 Å². The van der Waals surface area contributed by atoms with Gasteiger partial charge in [0.15, 0.2) is 5.11 Å². The quantitative estimate of drug-likeness (QED) is 0.676. The van der Waals surface area contributed by atoms with Crippen molar-refractivity contribution in [2.45, 2.75) is 33.7 Å². The van der Waals surface area contributed by atoms with E-state index in [4.69, 9.17) is 31.3 Å². The molecule has 2 aromatic heterocycles. The summed E-state index contributed by atoms with van der Waals surface area (Å²) >= 11 is 5.49. The van der Waals surface area contributed by atoms with E-state index < -0.39 is 0 Å². The van der Waals surface area contributed by atoms with Crippen molar-refractivity contribution in [1.82, 2.24) is 15.3 Å². The molecule has 2 aromatic rings. The number of hydrogen-bond donors (Lipinski definition) is 2. The number of furan rings is 1. The number of aromatic nitrogens is 2. The van der Waals surface area contributed by atoms with Gasteiger partial charge in [0.25, 0.3) is 0 Å². The lowest BCUT2D eigenvalue weighted by Gasteiger charge is -2.36. The molecule has 4 heterocycles. The van der Waals surface area contributed by atoms with Crippen LogP contribution in [0.5, 0.6) is 0 Å². The standard InChI is InChI=1S/C22H32N6O2S/c1-15-10-16(2)14-28(13-15)20-11-19(27-6-8-29-9-7-27)24-21(25-20)26-22(31)23-12-18-5-4-17(3)30-18/h4-5,11,15-16H,6-10,12-14H2,1-3H3,(H2,23,24,25,26,31)/t15-,16-/m1/s1. The summed E-state index contributed by atoms with van der Waals surface area (Å²) in [5.74, 6) is 5.36. The van der Waals surface area contributed by atoms with Gasteiger partial charge in [-0.25, -0.2) is 0 Å². The second kappa shape index (κ2) is 9.82. The molecule has 2 fully saturated rings. The van der Waals surface area contributed by atoms with Gasteiger partial charge in [-0.1, -0.05) is 13.8 Å². The SMILES string of the molecule is Cc1ccc(CNC(=S)Nc2nc(N3CCOCC3)cc(N3C[C@H](C)C[C@@H](C)C3)n2)o1. The lowest BCUT2D eigenvalue weighted by molar-refractivity contribution is 0.122. The van der Waals surface area contributed by atoms with Gasteiger partial charge in [-0.3, -0.25) is 0 Å². The van der Waals surface area contributed by atoms with Crippen LogP contribution in [0.15, 0.2) is 22.6 Å². The third-order valence-corrected chi connectivity index (χ3v) is 5.92. The maximum atomic E-state index is 5.59. The smallest absolute Gasteiger partial charge is 0.232 e. The molecule has 2 saturated heterocycles. The predicted molar refractivity (Wildman–Crippen MR) is 127 cm³/mol. The summed E-state index contributed by atoms with van der Waals surface area (Å²) in [7, 11) is 0. The maximum Gasteiger partial charge on any atom is 0.232 e. The predicted octanol–water partition coefficient (Wildman–Crippen LogP) is 3.18. The van der Waals surface area contributed by atoms with Crippen LogP contribution in [0.3, 0.4) is 0 Å². The number of nitrogens with zero attached hydrogens (tertiary/aromatic N) is 4. The van der Waals surface area contributed by atoms with E-state index in [1.807, 2.05) is 19.1 Å². The van der Waals surface area contributed by atoms with E-state index in [0.717, 1.165) is 49.3 Å². The first-order valence-corrected chi connectivity index (χ1v) is 11.4. The molecular weight excluding hydrogens is 412 g/mol. The Morgan fingerprint density at radius 1 is 1.10 bits per heavy atom. The Labute approximate surface area is 189 Å². The topological polar surface area (TPSA) is 78.7 Å². The second-order valence-corrected chi connectivity index (χ2v) is 9.09. The minimum atomic E-state index is 0.472. The third-order valence-electron chi connectivity index (χ3n) is 5.67.